The molecule has 5 unspecified atom stereocenters. The standard InChI is InChI=1S/C17H30N4O7S2/c1-3-8(2)13(16(26)20-11(7-30)17(27)28)21-15(25)10(6-29)19-14(24)9(18)4-5-12(22)23/h8-11,13,29-30H,3-7,18H2,1-2H3,(H,19,24)(H,20,26)(H,21,25)(H,22,23)(H,27,28). The molecule has 30 heavy (non-hydrogen) atoms. The summed E-state index contributed by atoms with van der Waals surface area (Å²) in [4.78, 5) is 59.0. The number of aliphatic carboxylic acids is 2. The normalized spacial score (nSPS) is 15.8. The van der Waals surface area contributed by atoms with Crippen LogP contribution in [-0.4, -0.2) is 75.5 Å². The van der Waals surface area contributed by atoms with E-state index in [0.717, 1.165) is 0 Å². The highest BCUT2D eigenvalue weighted by Gasteiger charge is 2.32. The summed E-state index contributed by atoms with van der Waals surface area (Å²) >= 11 is 7.92. The Morgan fingerprint density at radius 2 is 1.43 bits per heavy atom. The second-order valence-corrected chi connectivity index (χ2v) is 7.47. The van der Waals surface area contributed by atoms with Gasteiger partial charge in [-0.1, -0.05) is 20.3 Å². The van der Waals surface area contributed by atoms with Crippen molar-refractivity contribution in [2.45, 2.75) is 57.3 Å². The van der Waals surface area contributed by atoms with Crippen LogP contribution in [0.5, 0.6) is 0 Å². The van der Waals surface area contributed by atoms with Gasteiger partial charge in [-0.25, -0.2) is 4.79 Å². The lowest BCUT2D eigenvalue weighted by Crippen LogP contribution is -2.59. The molecule has 0 aromatic carbocycles. The van der Waals surface area contributed by atoms with E-state index in [-0.39, 0.29) is 30.3 Å². The molecule has 0 aromatic heterocycles. The predicted molar refractivity (Wildman–Crippen MR) is 115 cm³/mol. The molecule has 172 valence electrons. The first-order chi connectivity index (χ1) is 14.0. The number of rotatable bonds is 14. The second-order valence-electron chi connectivity index (χ2n) is 6.74. The van der Waals surface area contributed by atoms with Gasteiger partial charge in [0.1, 0.15) is 18.1 Å². The van der Waals surface area contributed by atoms with E-state index in [1.165, 1.54) is 0 Å². The smallest absolute Gasteiger partial charge is 0.327 e. The van der Waals surface area contributed by atoms with Gasteiger partial charge in [0.15, 0.2) is 0 Å². The highest BCUT2D eigenvalue weighted by molar-refractivity contribution is 7.80. The fourth-order valence-corrected chi connectivity index (χ4v) is 2.79. The van der Waals surface area contributed by atoms with Gasteiger partial charge in [-0.15, -0.1) is 0 Å². The average molecular weight is 467 g/mol. The molecule has 0 saturated carbocycles. The summed E-state index contributed by atoms with van der Waals surface area (Å²) in [5.74, 6) is -5.07. The first-order valence-corrected chi connectivity index (χ1v) is 10.6. The summed E-state index contributed by atoms with van der Waals surface area (Å²) in [7, 11) is 0. The Kier molecular flexibility index (Phi) is 13.2. The SMILES string of the molecule is CCC(C)C(NC(=O)C(CS)NC(=O)C(N)CCC(=O)O)C(=O)NC(CS)C(=O)O. The summed E-state index contributed by atoms with van der Waals surface area (Å²) < 4.78 is 0. The zero-order valence-electron chi connectivity index (χ0n) is 16.8. The number of hydrogen-bond acceptors (Lipinski definition) is 8. The van der Waals surface area contributed by atoms with Crippen LogP contribution < -0.4 is 21.7 Å². The number of nitrogens with one attached hydrogen (secondary N) is 3. The number of nitrogens with two attached hydrogens (primary N) is 1. The summed E-state index contributed by atoms with van der Waals surface area (Å²) in [6, 6.07) is -4.53. The van der Waals surface area contributed by atoms with Crippen LogP contribution in [0.1, 0.15) is 33.1 Å². The van der Waals surface area contributed by atoms with Crippen molar-refractivity contribution in [3.63, 3.8) is 0 Å². The third-order valence-electron chi connectivity index (χ3n) is 4.41. The molecule has 13 heteroatoms. The predicted octanol–water partition coefficient (Wildman–Crippen LogP) is -1.38. The van der Waals surface area contributed by atoms with Crippen molar-refractivity contribution in [1.29, 1.82) is 0 Å². The third kappa shape index (κ3) is 9.67. The number of hydrogen-bond donors (Lipinski definition) is 8. The maximum atomic E-state index is 12.6. The lowest BCUT2D eigenvalue weighted by Gasteiger charge is -2.27. The lowest BCUT2D eigenvalue weighted by atomic mass is 9.97. The van der Waals surface area contributed by atoms with Crippen molar-refractivity contribution in [3.05, 3.63) is 0 Å². The van der Waals surface area contributed by atoms with E-state index in [9.17, 15) is 24.0 Å². The van der Waals surface area contributed by atoms with Crippen LogP contribution in [0, 0.1) is 5.92 Å². The number of thiol groups is 2. The van der Waals surface area contributed by atoms with E-state index < -0.39 is 53.8 Å². The van der Waals surface area contributed by atoms with E-state index >= 15 is 0 Å². The molecule has 0 radical (unpaired) electrons. The van der Waals surface area contributed by atoms with Crippen molar-refractivity contribution in [2.75, 3.05) is 11.5 Å². The summed E-state index contributed by atoms with van der Waals surface area (Å²) in [6.45, 7) is 3.50. The number of amides is 3. The molecule has 0 bridgehead atoms. The Bertz CT molecular complexity index is 635. The van der Waals surface area contributed by atoms with Crippen molar-refractivity contribution in [1.82, 2.24) is 16.0 Å². The van der Waals surface area contributed by atoms with Gasteiger partial charge in [0.05, 0.1) is 6.04 Å². The Hall–Kier alpha value is -1.99. The molecule has 0 aliphatic rings. The van der Waals surface area contributed by atoms with Crippen molar-refractivity contribution >= 4 is 54.9 Å². The number of carbonyl (C=O) groups excluding carboxylic acids is 3. The number of carboxylic acids is 2. The minimum absolute atomic E-state index is 0.105. The van der Waals surface area contributed by atoms with E-state index in [1.807, 2.05) is 0 Å². The highest BCUT2D eigenvalue weighted by atomic mass is 32.1. The minimum atomic E-state index is -1.26. The molecule has 0 aliphatic heterocycles. The molecule has 7 N–H and O–H groups in total. The van der Waals surface area contributed by atoms with Crippen LogP contribution in [0.4, 0.5) is 0 Å². The fraction of sp³-hybridized carbons (Fsp3) is 0.706. The summed E-state index contributed by atoms with van der Waals surface area (Å²) in [5.41, 5.74) is 5.63. The lowest BCUT2D eigenvalue weighted by molar-refractivity contribution is -0.142. The zero-order valence-corrected chi connectivity index (χ0v) is 18.6. The van der Waals surface area contributed by atoms with Gasteiger partial charge >= 0.3 is 11.9 Å². The quantitative estimate of drug-likeness (QED) is 0.144. The first-order valence-electron chi connectivity index (χ1n) is 9.31. The van der Waals surface area contributed by atoms with Crippen LogP contribution in [0.15, 0.2) is 0 Å². The van der Waals surface area contributed by atoms with Crippen LogP contribution in [0.2, 0.25) is 0 Å². The number of carboxylic acid groups (broad SMARTS) is 2. The Morgan fingerprint density at radius 3 is 1.87 bits per heavy atom. The van der Waals surface area contributed by atoms with Gasteiger partial charge in [0, 0.05) is 17.9 Å². The van der Waals surface area contributed by atoms with Crippen LogP contribution in [0.25, 0.3) is 0 Å². The van der Waals surface area contributed by atoms with Gasteiger partial charge < -0.3 is 31.9 Å². The van der Waals surface area contributed by atoms with E-state index in [4.69, 9.17) is 15.9 Å². The minimum Gasteiger partial charge on any atom is -0.481 e. The molecule has 11 nitrogen and oxygen atoms in total. The summed E-state index contributed by atoms with van der Waals surface area (Å²) in [5, 5.41) is 24.9. The average Bonchev–Trinajstić information content (AvgIpc) is 2.70. The molecule has 0 heterocycles. The van der Waals surface area contributed by atoms with Crippen molar-refractivity contribution in [3.8, 4) is 0 Å². The fourth-order valence-electron chi connectivity index (χ4n) is 2.29. The maximum Gasteiger partial charge on any atom is 0.327 e. The Labute approximate surface area is 185 Å². The largest absolute Gasteiger partial charge is 0.481 e. The molecule has 0 rings (SSSR count). The van der Waals surface area contributed by atoms with Gasteiger partial charge in [-0.05, 0) is 12.3 Å². The molecule has 0 spiro atoms. The molecular weight excluding hydrogens is 436 g/mol. The topological polar surface area (TPSA) is 188 Å². The van der Waals surface area contributed by atoms with Crippen LogP contribution in [0.3, 0.4) is 0 Å². The zero-order chi connectivity index (χ0) is 23.4. The Balaban J connectivity index is 5.17. The molecule has 0 fully saturated rings. The van der Waals surface area contributed by atoms with Gasteiger partial charge in [-0.3, -0.25) is 19.2 Å². The molecule has 0 saturated heterocycles. The van der Waals surface area contributed by atoms with Crippen molar-refractivity contribution < 1.29 is 34.2 Å². The Morgan fingerprint density at radius 1 is 0.900 bits per heavy atom. The summed E-state index contributed by atoms with van der Waals surface area (Å²) in [6.07, 6.45) is 0.0910. The molecule has 3 amide bonds. The molecule has 5 atom stereocenters. The first kappa shape index (κ1) is 28.0. The third-order valence-corrected chi connectivity index (χ3v) is 5.14. The van der Waals surface area contributed by atoms with Crippen molar-refractivity contribution in [2.24, 2.45) is 11.7 Å². The van der Waals surface area contributed by atoms with E-state index in [0.29, 0.717) is 6.42 Å². The molecule has 0 aromatic rings. The highest BCUT2D eigenvalue weighted by Crippen LogP contribution is 2.09. The van der Waals surface area contributed by atoms with Crippen LogP contribution in [-0.2, 0) is 24.0 Å². The van der Waals surface area contributed by atoms with Gasteiger partial charge in [0.2, 0.25) is 17.7 Å². The second kappa shape index (κ2) is 14.1. The molecule has 0 aliphatic carbocycles. The monoisotopic (exact) mass is 466 g/mol. The van der Waals surface area contributed by atoms with E-state index in [1.54, 1.807) is 13.8 Å². The molecular formula is C17H30N4O7S2. The maximum absolute atomic E-state index is 12.6. The van der Waals surface area contributed by atoms with Gasteiger partial charge in [-0.2, -0.15) is 25.3 Å². The van der Waals surface area contributed by atoms with Gasteiger partial charge in [0.25, 0.3) is 0 Å². The van der Waals surface area contributed by atoms with Crippen LogP contribution >= 0.6 is 25.3 Å². The number of carbonyl (C=O) groups is 5. The van der Waals surface area contributed by atoms with E-state index in [2.05, 4.69) is 41.2 Å².